The van der Waals surface area contributed by atoms with Crippen LogP contribution in [0.1, 0.15) is 34.1 Å². The highest BCUT2D eigenvalue weighted by atomic mass is 14.9. The summed E-state index contributed by atoms with van der Waals surface area (Å²) >= 11 is 0. The monoisotopic (exact) mass is 180 g/mol. The average Bonchev–Trinajstić information content (AvgIpc) is 2.10. The minimum absolute atomic E-state index is 0.443. The van der Waals surface area contributed by atoms with E-state index in [1.807, 2.05) is 13.1 Å². The van der Waals surface area contributed by atoms with Crippen molar-refractivity contribution in [1.29, 1.82) is 0 Å². The molecule has 1 N–H and O–H groups in total. The standard InChI is InChI=1S/C11H20N2/c1-6-10(12-7-2)11(9(4)5)13-8-3/h7-9,12H,2,6H2,1,3-5H3/b11-10-,13-8+. The van der Waals surface area contributed by atoms with Crippen LogP contribution >= 0.6 is 0 Å². The van der Waals surface area contributed by atoms with Crippen LogP contribution in [0.3, 0.4) is 0 Å². The molecule has 0 amide bonds. The maximum Gasteiger partial charge on any atom is 0.0616 e. The van der Waals surface area contributed by atoms with Crippen LogP contribution in [-0.2, 0) is 0 Å². The normalized spacial score (nSPS) is 13.3. The van der Waals surface area contributed by atoms with Gasteiger partial charge < -0.3 is 5.32 Å². The summed E-state index contributed by atoms with van der Waals surface area (Å²) in [6.45, 7) is 12.0. The summed E-state index contributed by atoms with van der Waals surface area (Å²) in [7, 11) is 0. The van der Waals surface area contributed by atoms with Gasteiger partial charge in [0.25, 0.3) is 0 Å². The molecule has 0 saturated carbocycles. The van der Waals surface area contributed by atoms with E-state index >= 15 is 0 Å². The van der Waals surface area contributed by atoms with Gasteiger partial charge in [0.05, 0.1) is 5.70 Å². The Morgan fingerprint density at radius 3 is 2.46 bits per heavy atom. The zero-order valence-corrected chi connectivity index (χ0v) is 9.09. The summed E-state index contributed by atoms with van der Waals surface area (Å²) in [5.74, 6) is 0.443. The molecule has 0 aliphatic heterocycles. The fourth-order valence-electron chi connectivity index (χ4n) is 1.19. The van der Waals surface area contributed by atoms with E-state index in [-0.39, 0.29) is 0 Å². The molecule has 0 saturated heterocycles. The Hall–Kier alpha value is -1.05. The molecule has 0 atom stereocenters. The van der Waals surface area contributed by atoms with E-state index in [1.54, 1.807) is 6.20 Å². The fourth-order valence-corrected chi connectivity index (χ4v) is 1.19. The number of allylic oxidation sites excluding steroid dienone is 2. The smallest absolute Gasteiger partial charge is 0.0616 e. The van der Waals surface area contributed by atoms with Crippen molar-refractivity contribution in [2.24, 2.45) is 10.9 Å². The van der Waals surface area contributed by atoms with Gasteiger partial charge in [-0.2, -0.15) is 0 Å². The van der Waals surface area contributed by atoms with Crippen LogP contribution in [0.2, 0.25) is 0 Å². The van der Waals surface area contributed by atoms with Gasteiger partial charge >= 0.3 is 0 Å². The van der Waals surface area contributed by atoms with Crippen molar-refractivity contribution < 1.29 is 0 Å². The minimum atomic E-state index is 0.443. The lowest BCUT2D eigenvalue weighted by Gasteiger charge is -2.12. The second-order valence-electron chi connectivity index (χ2n) is 3.11. The van der Waals surface area contributed by atoms with Crippen LogP contribution in [-0.4, -0.2) is 6.21 Å². The Morgan fingerprint density at radius 1 is 1.54 bits per heavy atom. The van der Waals surface area contributed by atoms with Crippen molar-refractivity contribution in [3.05, 3.63) is 24.2 Å². The van der Waals surface area contributed by atoms with E-state index in [2.05, 4.69) is 37.7 Å². The number of hydrogen-bond donors (Lipinski definition) is 1. The molecule has 2 nitrogen and oxygen atoms in total. The molecule has 0 fully saturated rings. The first-order chi connectivity index (χ1) is 6.17. The molecule has 0 rings (SSSR count). The lowest BCUT2D eigenvalue weighted by molar-refractivity contribution is 0.719. The highest BCUT2D eigenvalue weighted by molar-refractivity contribution is 5.55. The van der Waals surface area contributed by atoms with Gasteiger partial charge in [-0.3, -0.25) is 4.99 Å². The highest BCUT2D eigenvalue weighted by Gasteiger charge is 2.06. The Kier molecular flexibility index (Phi) is 5.94. The van der Waals surface area contributed by atoms with Gasteiger partial charge in [0.1, 0.15) is 0 Å². The highest BCUT2D eigenvalue weighted by Crippen LogP contribution is 2.16. The number of nitrogens with zero attached hydrogens (tertiary/aromatic N) is 1. The molecule has 0 aromatic rings. The van der Waals surface area contributed by atoms with E-state index in [0.29, 0.717) is 5.92 Å². The maximum absolute atomic E-state index is 4.36. The molecule has 0 aliphatic carbocycles. The summed E-state index contributed by atoms with van der Waals surface area (Å²) < 4.78 is 0. The molecule has 0 aromatic carbocycles. The lowest BCUT2D eigenvalue weighted by Crippen LogP contribution is -2.09. The van der Waals surface area contributed by atoms with E-state index in [0.717, 1.165) is 17.8 Å². The van der Waals surface area contributed by atoms with Gasteiger partial charge in [0, 0.05) is 11.9 Å². The quantitative estimate of drug-likeness (QED) is 0.646. The molecule has 2 heteroatoms. The minimum Gasteiger partial charge on any atom is -0.364 e. The predicted octanol–water partition coefficient (Wildman–Crippen LogP) is 3.09. The molecule has 13 heavy (non-hydrogen) atoms. The Labute approximate surface area is 81.5 Å². The zero-order chi connectivity index (χ0) is 10.3. The third-order valence-electron chi connectivity index (χ3n) is 1.75. The topological polar surface area (TPSA) is 24.4 Å². The Bertz CT molecular complexity index is 212. The van der Waals surface area contributed by atoms with Gasteiger partial charge in [0.15, 0.2) is 0 Å². The number of nitrogens with one attached hydrogen (secondary N) is 1. The van der Waals surface area contributed by atoms with Crippen LogP contribution in [0.25, 0.3) is 0 Å². The number of aliphatic imine (C=N–C) groups is 1. The van der Waals surface area contributed by atoms with Crippen molar-refractivity contribution in [3.63, 3.8) is 0 Å². The van der Waals surface area contributed by atoms with Crippen molar-refractivity contribution in [2.75, 3.05) is 0 Å². The molecule has 0 unspecified atom stereocenters. The SMILES string of the molecule is C=CN/C(CC)=C(\N=C\C)C(C)C. The van der Waals surface area contributed by atoms with Crippen LogP contribution in [0.5, 0.6) is 0 Å². The summed E-state index contributed by atoms with van der Waals surface area (Å²) in [5.41, 5.74) is 2.27. The number of rotatable bonds is 5. The average molecular weight is 180 g/mol. The van der Waals surface area contributed by atoms with Crippen molar-refractivity contribution >= 4 is 6.21 Å². The zero-order valence-electron chi connectivity index (χ0n) is 9.09. The summed E-state index contributed by atoms with van der Waals surface area (Å²) in [6.07, 6.45) is 4.49. The van der Waals surface area contributed by atoms with Gasteiger partial charge in [-0.25, -0.2) is 0 Å². The summed E-state index contributed by atoms with van der Waals surface area (Å²) in [6, 6.07) is 0. The van der Waals surface area contributed by atoms with E-state index in [4.69, 9.17) is 0 Å². The third kappa shape index (κ3) is 3.92. The van der Waals surface area contributed by atoms with Crippen molar-refractivity contribution in [1.82, 2.24) is 5.32 Å². The second kappa shape index (κ2) is 6.46. The first-order valence-corrected chi connectivity index (χ1v) is 4.76. The molecule has 0 spiro atoms. The molecular weight excluding hydrogens is 160 g/mol. The fraction of sp³-hybridized carbons (Fsp3) is 0.545. The summed E-state index contributed by atoms with van der Waals surface area (Å²) in [5, 5.41) is 3.13. The van der Waals surface area contributed by atoms with Crippen molar-refractivity contribution in [2.45, 2.75) is 34.1 Å². The van der Waals surface area contributed by atoms with Crippen LogP contribution < -0.4 is 5.32 Å². The Morgan fingerprint density at radius 2 is 2.15 bits per heavy atom. The molecule has 0 heterocycles. The molecule has 0 aromatic heterocycles. The molecule has 0 aliphatic rings. The molecular formula is C11H20N2. The van der Waals surface area contributed by atoms with E-state index in [1.165, 1.54) is 0 Å². The van der Waals surface area contributed by atoms with Gasteiger partial charge in [0.2, 0.25) is 0 Å². The summed E-state index contributed by atoms with van der Waals surface area (Å²) in [4.78, 5) is 4.36. The van der Waals surface area contributed by atoms with E-state index < -0.39 is 0 Å². The van der Waals surface area contributed by atoms with E-state index in [9.17, 15) is 0 Å². The van der Waals surface area contributed by atoms with Gasteiger partial charge in [-0.15, -0.1) is 0 Å². The maximum atomic E-state index is 4.36. The molecule has 74 valence electrons. The van der Waals surface area contributed by atoms with Crippen LogP contribution in [0.4, 0.5) is 0 Å². The van der Waals surface area contributed by atoms with Crippen molar-refractivity contribution in [3.8, 4) is 0 Å². The molecule has 0 bridgehead atoms. The molecule has 0 radical (unpaired) electrons. The lowest BCUT2D eigenvalue weighted by atomic mass is 10.1. The first-order valence-electron chi connectivity index (χ1n) is 4.76. The van der Waals surface area contributed by atoms with Crippen LogP contribution in [0, 0.1) is 5.92 Å². The first kappa shape index (κ1) is 11.9. The van der Waals surface area contributed by atoms with Gasteiger partial charge in [-0.1, -0.05) is 27.4 Å². The number of hydrogen-bond acceptors (Lipinski definition) is 2. The largest absolute Gasteiger partial charge is 0.364 e. The predicted molar refractivity (Wildman–Crippen MR) is 59.7 cm³/mol. The van der Waals surface area contributed by atoms with Gasteiger partial charge in [-0.05, 0) is 25.5 Å². The third-order valence-corrected chi connectivity index (χ3v) is 1.75. The van der Waals surface area contributed by atoms with Crippen LogP contribution in [0.15, 0.2) is 29.2 Å². The Balaban J connectivity index is 4.87. The second-order valence-corrected chi connectivity index (χ2v) is 3.11.